The van der Waals surface area contributed by atoms with Crippen molar-refractivity contribution in [3.8, 4) is 5.75 Å². The number of rotatable bonds is 6. The third kappa shape index (κ3) is 4.76. The Morgan fingerprint density at radius 1 is 1.15 bits per heavy atom. The molecule has 1 amide bonds. The standard InChI is InChI=1S/C19H21NO5S/c21-18(22)17-16(8-11-26-17)24-12-15-6-9-20(10-7-15)19(23)25-13-14-4-2-1-3-5-14/h1-5,8,11,15H,6-7,9-10,12-13H2,(H,21,22). The van der Waals surface area contributed by atoms with Crippen LogP contribution in [0.1, 0.15) is 28.1 Å². The Labute approximate surface area is 156 Å². The predicted octanol–water partition coefficient (Wildman–Crippen LogP) is 3.87. The molecule has 2 aromatic rings. The second-order valence-corrected chi connectivity index (χ2v) is 7.12. The third-order valence-corrected chi connectivity index (χ3v) is 5.26. The predicted molar refractivity (Wildman–Crippen MR) is 97.7 cm³/mol. The zero-order valence-electron chi connectivity index (χ0n) is 14.3. The number of carboxylic acid groups (broad SMARTS) is 1. The number of thiophene rings is 1. The monoisotopic (exact) mass is 375 g/mol. The topological polar surface area (TPSA) is 76.1 Å². The molecule has 0 spiro atoms. The van der Waals surface area contributed by atoms with Crippen LogP contribution in [0.3, 0.4) is 0 Å². The van der Waals surface area contributed by atoms with Crippen LogP contribution in [-0.4, -0.2) is 41.8 Å². The Balaban J connectivity index is 1.40. The lowest BCUT2D eigenvalue weighted by atomic mass is 9.98. The summed E-state index contributed by atoms with van der Waals surface area (Å²) >= 11 is 1.16. The van der Waals surface area contributed by atoms with Gasteiger partial charge in [-0.1, -0.05) is 30.3 Å². The number of nitrogens with zero attached hydrogens (tertiary/aromatic N) is 1. The van der Waals surface area contributed by atoms with Crippen LogP contribution >= 0.6 is 11.3 Å². The lowest BCUT2D eigenvalue weighted by Crippen LogP contribution is -2.40. The number of carbonyl (C=O) groups excluding carboxylic acids is 1. The van der Waals surface area contributed by atoms with Crippen molar-refractivity contribution < 1.29 is 24.2 Å². The van der Waals surface area contributed by atoms with Crippen LogP contribution in [-0.2, 0) is 11.3 Å². The Hall–Kier alpha value is -2.54. The van der Waals surface area contributed by atoms with E-state index in [9.17, 15) is 9.59 Å². The average Bonchev–Trinajstić information content (AvgIpc) is 3.15. The number of aromatic carboxylic acids is 1. The summed E-state index contributed by atoms with van der Waals surface area (Å²) in [4.78, 5) is 25.2. The zero-order chi connectivity index (χ0) is 18.4. The van der Waals surface area contributed by atoms with Crippen LogP contribution in [0.2, 0.25) is 0 Å². The SMILES string of the molecule is O=C(O)c1sccc1OCC1CCN(C(=O)OCc2ccccc2)CC1. The largest absolute Gasteiger partial charge is 0.492 e. The van der Waals surface area contributed by atoms with E-state index in [0.717, 1.165) is 29.7 Å². The quantitative estimate of drug-likeness (QED) is 0.829. The van der Waals surface area contributed by atoms with Gasteiger partial charge in [0.05, 0.1) is 6.61 Å². The molecule has 0 saturated carbocycles. The first kappa shape index (κ1) is 18.3. The molecule has 0 radical (unpaired) electrons. The number of likely N-dealkylation sites (tertiary alicyclic amines) is 1. The van der Waals surface area contributed by atoms with Crippen molar-refractivity contribution in [2.75, 3.05) is 19.7 Å². The Kier molecular flexibility index (Phi) is 6.12. The van der Waals surface area contributed by atoms with Crippen LogP contribution in [0.15, 0.2) is 41.8 Å². The number of benzene rings is 1. The molecule has 1 aromatic carbocycles. The van der Waals surface area contributed by atoms with Crippen molar-refractivity contribution in [3.05, 3.63) is 52.2 Å². The minimum Gasteiger partial charge on any atom is -0.492 e. The molecule has 0 aliphatic carbocycles. The first-order chi connectivity index (χ1) is 12.6. The van der Waals surface area contributed by atoms with Crippen molar-refractivity contribution in [1.29, 1.82) is 0 Å². The third-order valence-electron chi connectivity index (χ3n) is 4.38. The summed E-state index contributed by atoms with van der Waals surface area (Å²) in [6, 6.07) is 11.3. The second-order valence-electron chi connectivity index (χ2n) is 6.20. The minimum absolute atomic E-state index is 0.229. The molecule has 1 aromatic heterocycles. The van der Waals surface area contributed by atoms with E-state index < -0.39 is 5.97 Å². The molecule has 7 heteroatoms. The summed E-state index contributed by atoms with van der Waals surface area (Å²) in [6.45, 7) is 1.98. The van der Waals surface area contributed by atoms with Gasteiger partial charge in [-0.3, -0.25) is 0 Å². The summed E-state index contributed by atoms with van der Waals surface area (Å²) in [5.41, 5.74) is 0.967. The van der Waals surface area contributed by atoms with Crippen molar-refractivity contribution >= 4 is 23.4 Å². The van der Waals surface area contributed by atoms with E-state index >= 15 is 0 Å². The number of carbonyl (C=O) groups is 2. The molecule has 0 atom stereocenters. The van der Waals surface area contributed by atoms with Crippen LogP contribution in [0.4, 0.5) is 4.79 Å². The number of hydrogen-bond donors (Lipinski definition) is 1. The van der Waals surface area contributed by atoms with Crippen LogP contribution in [0.5, 0.6) is 5.75 Å². The number of hydrogen-bond acceptors (Lipinski definition) is 5. The Morgan fingerprint density at radius 2 is 1.88 bits per heavy atom. The maximum Gasteiger partial charge on any atom is 0.410 e. The highest BCUT2D eigenvalue weighted by Gasteiger charge is 2.25. The van der Waals surface area contributed by atoms with Crippen molar-refractivity contribution in [2.45, 2.75) is 19.4 Å². The molecule has 1 saturated heterocycles. The van der Waals surface area contributed by atoms with Gasteiger partial charge in [0.1, 0.15) is 12.4 Å². The van der Waals surface area contributed by atoms with E-state index in [-0.39, 0.29) is 17.6 Å². The second kappa shape index (κ2) is 8.71. The molecule has 6 nitrogen and oxygen atoms in total. The summed E-state index contributed by atoms with van der Waals surface area (Å²) in [7, 11) is 0. The summed E-state index contributed by atoms with van der Waals surface area (Å²) in [5, 5.41) is 10.8. The normalized spacial score (nSPS) is 14.8. The highest BCUT2D eigenvalue weighted by Crippen LogP contribution is 2.26. The lowest BCUT2D eigenvalue weighted by Gasteiger charge is -2.31. The molecule has 0 unspecified atom stereocenters. The molecule has 3 rings (SSSR count). The van der Waals surface area contributed by atoms with E-state index in [4.69, 9.17) is 14.6 Å². The molecule has 0 bridgehead atoms. The first-order valence-corrected chi connectivity index (χ1v) is 9.40. The first-order valence-electron chi connectivity index (χ1n) is 8.52. The highest BCUT2D eigenvalue weighted by molar-refractivity contribution is 7.12. The number of piperidine rings is 1. The van der Waals surface area contributed by atoms with Gasteiger partial charge in [0.25, 0.3) is 0 Å². The van der Waals surface area contributed by atoms with Crippen molar-refractivity contribution in [1.82, 2.24) is 4.90 Å². The smallest absolute Gasteiger partial charge is 0.410 e. The number of carboxylic acids is 1. The summed E-state index contributed by atoms with van der Waals surface area (Å²) < 4.78 is 11.0. The lowest BCUT2D eigenvalue weighted by molar-refractivity contribution is 0.0685. The Bertz CT molecular complexity index is 737. The molecular formula is C19H21NO5S. The van der Waals surface area contributed by atoms with Gasteiger partial charge >= 0.3 is 12.1 Å². The van der Waals surface area contributed by atoms with Gasteiger partial charge in [-0.15, -0.1) is 11.3 Å². The van der Waals surface area contributed by atoms with E-state index in [1.807, 2.05) is 30.3 Å². The van der Waals surface area contributed by atoms with E-state index in [1.54, 1.807) is 16.3 Å². The summed E-state index contributed by atoms with van der Waals surface area (Å²) in [6.07, 6.45) is 1.33. The maximum absolute atomic E-state index is 12.2. The fraction of sp³-hybridized carbons (Fsp3) is 0.368. The molecule has 1 fully saturated rings. The average molecular weight is 375 g/mol. The number of ether oxygens (including phenoxy) is 2. The van der Waals surface area contributed by atoms with Gasteiger partial charge in [0, 0.05) is 13.1 Å². The summed E-state index contributed by atoms with van der Waals surface area (Å²) in [5.74, 6) is -0.243. The minimum atomic E-state index is -0.967. The number of amides is 1. The molecule has 1 aliphatic heterocycles. The molecule has 2 heterocycles. The fourth-order valence-corrected chi connectivity index (χ4v) is 3.54. The molecule has 1 aliphatic rings. The maximum atomic E-state index is 12.2. The van der Waals surface area contributed by atoms with Crippen molar-refractivity contribution in [3.63, 3.8) is 0 Å². The van der Waals surface area contributed by atoms with Crippen molar-refractivity contribution in [2.24, 2.45) is 5.92 Å². The van der Waals surface area contributed by atoms with E-state index in [0.29, 0.717) is 31.4 Å². The van der Waals surface area contributed by atoms with Gasteiger partial charge in [-0.2, -0.15) is 0 Å². The van der Waals surface area contributed by atoms with Gasteiger partial charge in [0.2, 0.25) is 0 Å². The fourth-order valence-electron chi connectivity index (χ4n) is 2.87. The van der Waals surface area contributed by atoms with Crippen LogP contribution < -0.4 is 4.74 Å². The Morgan fingerprint density at radius 3 is 2.58 bits per heavy atom. The van der Waals surface area contributed by atoms with Crippen LogP contribution in [0.25, 0.3) is 0 Å². The molecular weight excluding hydrogens is 354 g/mol. The van der Waals surface area contributed by atoms with Gasteiger partial charge < -0.3 is 19.5 Å². The zero-order valence-corrected chi connectivity index (χ0v) is 15.1. The molecule has 26 heavy (non-hydrogen) atoms. The highest BCUT2D eigenvalue weighted by atomic mass is 32.1. The van der Waals surface area contributed by atoms with Gasteiger partial charge in [0.15, 0.2) is 4.88 Å². The van der Waals surface area contributed by atoms with E-state index in [2.05, 4.69) is 0 Å². The molecule has 138 valence electrons. The molecule has 1 N–H and O–H groups in total. The van der Waals surface area contributed by atoms with Gasteiger partial charge in [-0.05, 0) is 35.8 Å². The van der Waals surface area contributed by atoms with Crippen LogP contribution in [0, 0.1) is 5.92 Å². The van der Waals surface area contributed by atoms with E-state index in [1.165, 1.54) is 0 Å². The van der Waals surface area contributed by atoms with Gasteiger partial charge in [-0.25, -0.2) is 9.59 Å².